The maximum atomic E-state index is 8.55. The van der Waals surface area contributed by atoms with Crippen LogP contribution >= 0.6 is 15.4 Å². The quantitative estimate of drug-likeness (QED) is 0.127. The van der Waals surface area contributed by atoms with Gasteiger partial charge in [0.1, 0.15) is 0 Å². The molecule has 81 heavy (non-hydrogen) atoms. The van der Waals surface area contributed by atoms with Gasteiger partial charge in [-0.15, -0.1) is 0 Å². The summed E-state index contributed by atoms with van der Waals surface area (Å²) in [4.78, 5) is 0. The van der Waals surface area contributed by atoms with E-state index in [0.29, 0.717) is 0 Å². The van der Waals surface area contributed by atoms with Crippen LogP contribution in [0, 0.1) is 0 Å². The molecule has 0 bridgehead atoms. The molecule has 0 unspecified atom stereocenters. The molecule has 7 rings (SSSR count). The van der Waals surface area contributed by atoms with Gasteiger partial charge in [-0.2, -0.15) is 0 Å². The van der Waals surface area contributed by atoms with Crippen molar-refractivity contribution in [2.75, 3.05) is 35.5 Å². The molecule has 0 fully saturated rings. The Morgan fingerprint density at radius 1 is 0.333 bits per heavy atom. The zero-order valence-electron chi connectivity index (χ0n) is 55.5. The Morgan fingerprint density at radius 3 is 0.889 bits per heavy atom. The summed E-state index contributed by atoms with van der Waals surface area (Å²) in [5.74, 6) is 5.38. The van der Waals surface area contributed by atoms with Crippen LogP contribution in [0.5, 0.6) is 34.5 Å². The molecule has 6 nitrogen and oxygen atoms in total. The third-order valence-corrected chi connectivity index (χ3v) is 22.6. The van der Waals surface area contributed by atoms with Gasteiger partial charge in [0, 0.05) is 0 Å². The average molecular weight is 1140 g/mol. The average Bonchev–Trinajstić information content (AvgIpc) is 2.78. The molecule has 440 valence electrons. The molecule has 0 aromatic heterocycles. The van der Waals surface area contributed by atoms with Crippen molar-refractivity contribution in [1.29, 1.82) is 0 Å². The van der Waals surface area contributed by atoms with Crippen LogP contribution in [-0.4, -0.2) is 35.5 Å². The molecule has 0 amide bonds. The Labute approximate surface area is 493 Å². The van der Waals surface area contributed by atoms with E-state index >= 15 is 0 Å². The van der Waals surface area contributed by atoms with Crippen LogP contribution in [0.2, 0.25) is 0 Å². The van der Waals surface area contributed by atoms with Crippen molar-refractivity contribution in [2.45, 2.75) is 209 Å². The molecule has 1 aliphatic heterocycles. The van der Waals surface area contributed by atoms with Crippen LogP contribution < -0.4 is 60.0 Å². The van der Waals surface area contributed by atoms with Crippen molar-refractivity contribution in [3.63, 3.8) is 0 Å². The van der Waals surface area contributed by atoms with Gasteiger partial charge in [0.05, 0.1) is 0 Å². The predicted octanol–water partition coefficient (Wildman–Crippen LogP) is 16.9. The van der Waals surface area contributed by atoms with Gasteiger partial charge in [-0.1, -0.05) is 0 Å². The Bertz CT molecular complexity index is 3030. The molecule has 0 aliphatic carbocycles. The Balaban J connectivity index is 1.81. The van der Waals surface area contributed by atoms with Gasteiger partial charge in [-0.25, -0.2) is 0 Å². The summed E-state index contributed by atoms with van der Waals surface area (Å²) >= 11 is 0. The fourth-order valence-corrected chi connectivity index (χ4v) is 18.7. The molecule has 6 aromatic rings. The molecule has 6 aromatic carbocycles. The van der Waals surface area contributed by atoms with Crippen LogP contribution in [0.3, 0.4) is 0 Å². The van der Waals surface area contributed by atoms with Gasteiger partial charge < -0.3 is 0 Å². The fraction of sp³-hybridized carbons (Fsp3) is 0.507. The van der Waals surface area contributed by atoms with Gasteiger partial charge in [0.15, 0.2) is 0 Å². The van der Waals surface area contributed by atoms with Gasteiger partial charge in [0.25, 0.3) is 0 Å². The number of rotatable bonds is 10. The van der Waals surface area contributed by atoms with E-state index in [9.17, 15) is 0 Å². The van der Waals surface area contributed by atoms with Crippen LogP contribution in [0.15, 0.2) is 84.9 Å². The van der Waals surface area contributed by atoms with Crippen LogP contribution in [-0.2, 0) is 43.3 Å². The fourth-order valence-electron chi connectivity index (χ4n) is 12.0. The summed E-state index contributed by atoms with van der Waals surface area (Å²) in [5, 5.41) is 7.10. The summed E-state index contributed by atoms with van der Waals surface area (Å²) in [5.41, 5.74) is 9.26. The van der Waals surface area contributed by atoms with Crippen LogP contribution in [0.25, 0.3) is 11.1 Å². The number of hydrogen-bond acceptors (Lipinski definition) is 6. The van der Waals surface area contributed by atoms with Crippen molar-refractivity contribution in [2.24, 2.45) is 0 Å². The third kappa shape index (κ3) is 11.8. The summed E-state index contributed by atoms with van der Waals surface area (Å²) in [6, 6.07) is 33.1. The summed E-state index contributed by atoms with van der Waals surface area (Å²) in [7, 11) is 3.98. The molecule has 0 radical (unpaired) electrons. The first kappa shape index (κ1) is 63.6. The minimum atomic E-state index is -3.76. The van der Waals surface area contributed by atoms with Gasteiger partial charge >= 0.3 is 496 Å². The number of ether oxygens (including phenoxy) is 5. The molecular formula is C73H102O6P2. The van der Waals surface area contributed by atoms with Gasteiger partial charge in [0.2, 0.25) is 0 Å². The summed E-state index contributed by atoms with van der Waals surface area (Å²) in [6.45, 7) is 55.2. The van der Waals surface area contributed by atoms with E-state index in [1.54, 1.807) is 0 Å². The van der Waals surface area contributed by atoms with E-state index in [4.69, 9.17) is 28.2 Å². The van der Waals surface area contributed by atoms with Crippen molar-refractivity contribution in [1.82, 2.24) is 0 Å². The molecule has 0 spiro atoms. The monoisotopic (exact) mass is 1140 g/mol. The SMILES string of the molecule is COc1cccc2c1-c1c(cccc1P(c1cc(C(C)(C)C)c(OC)c(C(C)(C)C)c1)c1cc(C(C)(C)C)c(OC)c(C(C)(C)C)c1)O[PH]2(c1cc(C(C)(C)C)c(OC)c(C(C)(C)C)c1)c1cc(C(C)(C)C)c(OC)c(C(C)(C)C)c1. The van der Waals surface area contributed by atoms with E-state index in [-0.39, 0.29) is 43.3 Å². The molecular weight excluding hydrogens is 1030 g/mol. The number of methoxy groups -OCH3 is 5. The predicted molar refractivity (Wildman–Crippen MR) is 354 cm³/mol. The number of benzene rings is 6. The number of hydrogen-bond donors (Lipinski definition) is 0. The second-order valence-corrected chi connectivity index (χ2v) is 36.5. The number of fused-ring (bicyclic) bond motifs is 3. The van der Waals surface area contributed by atoms with Crippen molar-refractivity contribution in [3.05, 3.63) is 129 Å². The van der Waals surface area contributed by atoms with E-state index < -0.39 is 15.4 Å². The first-order valence-corrected chi connectivity index (χ1v) is 32.5. The molecule has 0 saturated carbocycles. The molecule has 0 atom stereocenters. The molecule has 0 N–H and O–H groups in total. The van der Waals surface area contributed by atoms with Crippen LogP contribution in [0.1, 0.15) is 211 Å². The van der Waals surface area contributed by atoms with Crippen LogP contribution in [0.4, 0.5) is 0 Å². The Kier molecular flexibility index (Phi) is 16.9. The third-order valence-electron chi connectivity index (χ3n) is 16.3. The molecule has 8 heteroatoms. The molecule has 0 saturated heterocycles. The van der Waals surface area contributed by atoms with Crippen molar-refractivity contribution >= 4 is 47.2 Å². The van der Waals surface area contributed by atoms with Crippen molar-refractivity contribution < 1.29 is 28.2 Å². The van der Waals surface area contributed by atoms with E-state index in [1.807, 2.05) is 35.5 Å². The Hall–Kier alpha value is -5.02. The summed E-state index contributed by atoms with van der Waals surface area (Å²) < 4.78 is 41.4. The van der Waals surface area contributed by atoms with E-state index in [2.05, 4.69) is 251 Å². The topological polar surface area (TPSA) is 55.4 Å². The second-order valence-electron chi connectivity index (χ2n) is 31.0. The summed E-state index contributed by atoms with van der Waals surface area (Å²) in [6.07, 6.45) is 0. The zero-order valence-corrected chi connectivity index (χ0v) is 57.4. The molecule has 1 aliphatic rings. The first-order chi connectivity index (χ1) is 37.0. The van der Waals surface area contributed by atoms with E-state index in [1.165, 1.54) is 38.2 Å². The minimum absolute atomic E-state index is 0.248. The Morgan fingerprint density at radius 2 is 0.617 bits per heavy atom. The van der Waals surface area contributed by atoms with Crippen molar-refractivity contribution in [3.8, 4) is 45.6 Å². The van der Waals surface area contributed by atoms with Gasteiger partial charge in [-0.3, -0.25) is 0 Å². The standard InChI is InChI=1S/C73H102O6P2/c1-66(2,3)48-36-44(37-49(62(48)75-26)67(4,5)6)80(45-38-50(68(7,8)9)63(76-27)51(39-45)69(10,11)12)58-34-30-33-57-60(58)61-56(74-25)32-31-35-59(61)81(79-57,46-40-52(70(13,14)15)64(77-28)53(41-46)71(16,17)18)47-42-54(72(19,20)21)65(78-29)55(43-47)73(22,23)24/h30-43,81H,1-29H3. The second kappa shape index (κ2) is 21.6. The van der Waals surface area contributed by atoms with E-state index in [0.717, 1.165) is 83.8 Å². The van der Waals surface area contributed by atoms with Gasteiger partial charge in [-0.05, 0) is 0 Å². The maximum absolute atomic E-state index is 8.55. The zero-order chi connectivity index (χ0) is 60.9. The molecule has 1 heterocycles. The first-order valence-electron chi connectivity index (χ1n) is 29.2. The normalized spacial score (nSPS) is 14.7.